The molecule has 0 amide bonds. The van der Waals surface area contributed by atoms with Crippen LogP contribution in [0.15, 0.2) is 0 Å². The van der Waals surface area contributed by atoms with Crippen LogP contribution in [0.3, 0.4) is 0 Å². The summed E-state index contributed by atoms with van der Waals surface area (Å²) in [7, 11) is 2.26. The lowest BCUT2D eigenvalue weighted by Crippen LogP contribution is -2.50. The fourth-order valence-electron chi connectivity index (χ4n) is 3.59. The van der Waals surface area contributed by atoms with Crippen molar-refractivity contribution in [2.45, 2.75) is 57.7 Å². The van der Waals surface area contributed by atoms with E-state index in [1.807, 2.05) is 0 Å². The smallest absolute Gasteiger partial charge is 0.0829 e. The third kappa shape index (κ3) is 4.99. The number of nitrogens with two attached hydrogens (primary N) is 1. The molecule has 0 aromatic heterocycles. The zero-order valence-corrected chi connectivity index (χ0v) is 13.6. The van der Waals surface area contributed by atoms with Crippen molar-refractivity contribution in [3.05, 3.63) is 0 Å². The van der Waals surface area contributed by atoms with Gasteiger partial charge in [0.15, 0.2) is 0 Å². The van der Waals surface area contributed by atoms with Gasteiger partial charge in [0.2, 0.25) is 0 Å². The van der Waals surface area contributed by atoms with Crippen LogP contribution in [0.1, 0.15) is 39.5 Å². The maximum Gasteiger partial charge on any atom is 0.0829 e. The van der Waals surface area contributed by atoms with Crippen LogP contribution in [0.2, 0.25) is 0 Å². The average molecular weight is 283 g/mol. The SMILES string of the molecule is CC(C)CN1CCOC(CN(C)C2CCC(N)CC2)C1. The Morgan fingerprint density at radius 1 is 1.25 bits per heavy atom. The third-order valence-electron chi connectivity index (χ3n) is 4.70. The summed E-state index contributed by atoms with van der Waals surface area (Å²) in [5.41, 5.74) is 6.00. The highest BCUT2D eigenvalue weighted by Gasteiger charge is 2.26. The van der Waals surface area contributed by atoms with E-state index in [0.717, 1.165) is 32.2 Å². The molecule has 0 spiro atoms. The van der Waals surface area contributed by atoms with Gasteiger partial charge in [-0.15, -0.1) is 0 Å². The van der Waals surface area contributed by atoms with Gasteiger partial charge in [-0.3, -0.25) is 4.90 Å². The van der Waals surface area contributed by atoms with Crippen molar-refractivity contribution in [2.24, 2.45) is 11.7 Å². The largest absolute Gasteiger partial charge is 0.374 e. The van der Waals surface area contributed by atoms with Crippen LogP contribution < -0.4 is 5.73 Å². The molecule has 118 valence electrons. The molecule has 1 atom stereocenters. The summed E-state index contributed by atoms with van der Waals surface area (Å²) in [6.45, 7) is 9.92. The summed E-state index contributed by atoms with van der Waals surface area (Å²) in [4.78, 5) is 5.07. The second-order valence-electron chi connectivity index (χ2n) is 7.15. The minimum Gasteiger partial charge on any atom is -0.374 e. The lowest BCUT2D eigenvalue weighted by molar-refractivity contribution is -0.0492. The Balaban J connectivity index is 1.74. The van der Waals surface area contributed by atoms with Crippen LogP contribution in [-0.4, -0.2) is 67.8 Å². The van der Waals surface area contributed by atoms with Crippen molar-refractivity contribution < 1.29 is 4.74 Å². The first-order valence-corrected chi connectivity index (χ1v) is 8.34. The van der Waals surface area contributed by atoms with Crippen molar-refractivity contribution in [3.8, 4) is 0 Å². The number of hydrogen-bond acceptors (Lipinski definition) is 4. The Hall–Kier alpha value is -0.160. The first-order chi connectivity index (χ1) is 9.54. The first-order valence-electron chi connectivity index (χ1n) is 8.34. The summed E-state index contributed by atoms with van der Waals surface area (Å²) < 4.78 is 5.96. The molecule has 2 aliphatic rings. The van der Waals surface area contributed by atoms with Crippen LogP contribution in [-0.2, 0) is 4.74 Å². The maximum absolute atomic E-state index is 6.00. The summed E-state index contributed by atoms with van der Waals surface area (Å²) in [6.07, 6.45) is 5.24. The summed E-state index contributed by atoms with van der Waals surface area (Å²) in [5.74, 6) is 0.742. The van der Waals surface area contributed by atoms with Gasteiger partial charge in [-0.25, -0.2) is 0 Å². The van der Waals surface area contributed by atoms with Gasteiger partial charge in [0, 0.05) is 38.3 Å². The average Bonchev–Trinajstić information content (AvgIpc) is 2.39. The predicted molar refractivity (Wildman–Crippen MR) is 83.9 cm³/mol. The van der Waals surface area contributed by atoms with Gasteiger partial charge in [-0.2, -0.15) is 0 Å². The standard InChI is InChI=1S/C16H33N3O/c1-13(2)10-19-8-9-20-16(12-19)11-18(3)15-6-4-14(17)5-7-15/h13-16H,4-12,17H2,1-3H3. The zero-order chi connectivity index (χ0) is 14.5. The molecule has 1 unspecified atom stereocenters. The molecular formula is C16H33N3O. The highest BCUT2D eigenvalue weighted by atomic mass is 16.5. The summed E-state index contributed by atoms with van der Waals surface area (Å²) >= 11 is 0. The second-order valence-corrected chi connectivity index (χ2v) is 7.15. The molecule has 2 N–H and O–H groups in total. The monoisotopic (exact) mass is 283 g/mol. The lowest BCUT2D eigenvalue weighted by Gasteiger charge is -2.39. The highest BCUT2D eigenvalue weighted by molar-refractivity contribution is 4.82. The summed E-state index contributed by atoms with van der Waals surface area (Å²) in [5, 5.41) is 0. The fraction of sp³-hybridized carbons (Fsp3) is 1.00. The second kappa shape index (κ2) is 7.74. The van der Waals surface area contributed by atoms with Gasteiger partial charge in [0.1, 0.15) is 0 Å². The van der Waals surface area contributed by atoms with Crippen molar-refractivity contribution in [1.29, 1.82) is 0 Å². The number of hydrogen-bond donors (Lipinski definition) is 1. The Morgan fingerprint density at radius 2 is 1.95 bits per heavy atom. The molecule has 1 heterocycles. The molecule has 2 rings (SSSR count). The summed E-state index contributed by atoms with van der Waals surface area (Å²) in [6, 6.07) is 1.14. The quantitative estimate of drug-likeness (QED) is 0.831. The van der Waals surface area contributed by atoms with E-state index in [-0.39, 0.29) is 0 Å². The van der Waals surface area contributed by atoms with Crippen LogP contribution in [0, 0.1) is 5.92 Å². The molecule has 0 bridgehead atoms. The van der Waals surface area contributed by atoms with Gasteiger partial charge >= 0.3 is 0 Å². The van der Waals surface area contributed by atoms with E-state index >= 15 is 0 Å². The molecule has 1 aliphatic heterocycles. The van der Waals surface area contributed by atoms with Crippen molar-refractivity contribution in [3.63, 3.8) is 0 Å². The zero-order valence-electron chi connectivity index (χ0n) is 13.6. The molecule has 0 radical (unpaired) electrons. The van der Waals surface area contributed by atoms with E-state index < -0.39 is 0 Å². The highest BCUT2D eigenvalue weighted by Crippen LogP contribution is 2.22. The topological polar surface area (TPSA) is 41.7 Å². The number of ether oxygens (including phenoxy) is 1. The number of morpholine rings is 1. The van der Waals surface area contributed by atoms with E-state index in [1.165, 1.54) is 32.2 Å². The minimum atomic E-state index is 0.378. The Labute approximate surface area is 124 Å². The first kappa shape index (κ1) is 16.2. The lowest BCUT2D eigenvalue weighted by atomic mass is 9.91. The number of likely N-dealkylation sites (N-methyl/N-ethyl adjacent to an activating group) is 1. The Kier molecular flexibility index (Phi) is 6.27. The molecule has 1 saturated heterocycles. The van der Waals surface area contributed by atoms with Crippen LogP contribution in [0.4, 0.5) is 0 Å². The molecular weight excluding hydrogens is 250 g/mol. The van der Waals surface area contributed by atoms with Gasteiger partial charge in [0.05, 0.1) is 12.7 Å². The van der Waals surface area contributed by atoms with Crippen LogP contribution in [0.25, 0.3) is 0 Å². The molecule has 20 heavy (non-hydrogen) atoms. The molecule has 4 nitrogen and oxygen atoms in total. The van der Waals surface area contributed by atoms with Gasteiger partial charge in [-0.1, -0.05) is 13.8 Å². The van der Waals surface area contributed by atoms with E-state index in [0.29, 0.717) is 18.2 Å². The van der Waals surface area contributed by atoms with E-state index in [4.69, 9.17) is 10.5 Å². The van der Waals surface area contributed by atoms with Gasteiger partial charge in [0.25, 0.3) is 0 Å². The van der Waals surface area contributed by atoms with Crippen molar-refractivity contribution in [2.75, 3.05) is 39.8 Å². The normalized spacial score (nSPS) is 33.0. The minimum absolute atomic E-state index is 0.378. The third-order valence-corrected chi connectivity index (χ3v) is 4.70. The number of rotatable bonds is 5. The van der Waals surface area contributed by atoms with Crippen LogP contribution in [0.5, 0.6) is 0 Å². The molecule has 1 aliphatic carbocycles. The molecule has 4 heteroatoms. The number of nitrogens with zero attached hydrogens (tertiary/aromatic N) is 2. The maximum atomic E-state index is 6.00. The fourth-order valence-corrected chi connectivity index (χ4v) is 3.59. The van der Waals surface area contributed by atoms with Crippen LogP contribution >= 0.6 is 0 Å². The van der Waals surface area contributed by atoms with Gasteiger partial charge in [-0.05, 0) is 38.6 Å². The van der Waals surface area contributed by atoms with E-state index in [2.05, 4.69) is 30.7 Å². The van der Waals surface area contributed by atoms with Crippen molar-refractivity contribution in [1.82, 2.24) is 9.80 Å². The molecule has 1 saturated carbocycles. The van der Waals surface area contributed by atoms with E-state index in [1.54, 1.807) is 0 Å². The predicted octanol–water partition coefficient (Wildman–Crippen LogP) is 1.54. The van der Waals surface area contributed by atoms with Crippen molar-refractivity contribution >= 4 is 0 Å². The molecule has 0 aromatic rings. The molecule has 0 aromatic carbocycles. The Bertz CT molecular complexity index is 277. The molecule has 2 fully saturated rings. The van der Waals surface area contributed by atoms with E-state index in [9.17, 15) is 0 Å². The van der Waals surface area contributed by atoms with Gasteiger partial charge < -0.3 is 15.4 Å². The Morgan fingerprint density at radius 3 is 2.60 bits per heavy atom.